The predicted octanol–water partition coefficient (Wildman–Crippen LogP) is 5.05. The van der Waals surface area contributed by atoms with Crippen LogP contribution in [-0.4, -0.2) is 22.1 Å². The molecule has 0 radical (unpaired) electrons. The van der Waals surface area contributed by atoms with Gasteiger partial charge in [0, 0.05) is 23.8 Å². The van der Waals surface area contributed by atoms with E-state index in [4.69, 9.17) is 4.98 Å². The molecule has 2 fully saturated rings. The highest BCUT2D eigenvalue weighted by atomic mass is 15.2. The van der Waals surface area contributed by atoms with Crippen LogP contribution in [0.25, 0.3) is 0 Å². The molecule has 0 atom stereocenters. The first kappa shape index (κ1) is 16.5. The first-order chi connectivity index (χ1) is 11.3. The number of aromatic nitrogens is 2. The van der Waals surface area contributed by atoms with Gasteiger partial charge in [-0.25, -0.2) is 4.98 Å². The summed E-state index contributed by atoms with van der Waals surface area (Å²) in [4.78, 5) is 9.36. The highest BCUT2D eigenvalue weighted by molar-refractivity contribution is 5.43. The van der Waals surface area contributed by atoms with Crippen LogP contribution >= 0.6 is 0 Å². The van der Waals surface area contributed by atoms with E-state index in [-0.39, 0.29) is 0 Å². The fourth-order valence-corrected chi connectivity index (χ4v) is 3.95. The summed E-state index contributed by atoms with van der Waals surface area (Å²) in [6.45, 7) is 2.07. The highest BCUT2D eigenvalue weighted by Gasteiger charge is 2.16. The molecule has 1 aromatic rings. The van der Waals surface area contributed by atoms with Gasteiger partial charge in [0.25, 0.3) is 0 Å². The number of nitrogens with one attached hydrogen (secondary N) is 2. The average molecular weight is 316 g/mol. The molecule has 0 amide bonds. The standard InChI is InChI=1S/C19H32N4/c1-15-14-18(21-16-10-6-2-3-7-11-16)23-19(20-15)22-17-12-8-4-5-9-13-17/h14,16-17H,2-13H2,1H3,(H2,20,21,22,23). The Labute approximate surface area is 140 Å². The minimum atomic E-state index is 0.546. The molecular formula is C19H32N4. The number of anilines is 2. The van der Waals surface area contributed by atoms with Gasteiger partial charge in [0.05, 0.1) is 0 Å². The van der Waals surface area contributed by atoms with E-state index in [2.05, 4.69) is 28.6 Å². The zero-order valence-electron chi connectivity index (χ0n) is 14.6. The molecule has 4 nitrogen and oxygen atoms in total. The average Bonchev–Trinajstić information content (AvgIpc) is 2.91. The van der Waals surface area contributed by atoms with Gasteiger partial charge in [0.1, 0.15) is 5.82 Å². The molecule has 0 aliphatic heterocycles. The van der Waals surface area contributed by atoms with Crippen molar-refractivity contribution in [2.24, 2.45) is 0 Å². The lowest BCUT2D eigenvalue weighted by molar-refractivity contribution is 0.610. The topological polar surface area (TPSA) is 49.8 Å². The monoisotopic (exact) mass is 316 g/mol. The van der Waals surface area contributed by atoms with Crippen LogP contribution in [0.3, 0.4) is 0 Å². The van der Waals surface area contributed by atoms with Gasteiger partial charge < -0.3 is 10.6 Å². The summed E-state index contributed by atoms with van der Waals surface area (Å²) in [5.41, 5.74) is 1.05. The molecule has 0 spiro atoms. The Kier molecular flexibility index (Phi) is 6.12. The highest BCUT2D eigenvalue weighted by Crippen LogP contribution is 2.23. The van der Waals surface area contributed by atoms with Gasteiger partial charge in [-0.3, -0.25) is 0 Å². The summed E-state index contributed by atoms with van der Waals surface area (Å²) >= 11 is 0. The van der Waals surface area contributed by atoms with Crippen LogP contribution in [0.2, 0.25) is 0 Å². The lowest BCUT2D eigenvalue weighted by Crippen LogP contribution is -2.22. The second-order valence-corrected chi connectivity index (χ2v) is 7.38. The second-order valence-electron chi connectivity index (χ2n) is 7.38. The van der Waals surface area contributed by atoms with E-state index in [1.54, 1.807) is 0 Å². The van der Waals surface area contributed by atoms with Gasteiger partial charge in [-0.2, -0.15) is 4.98 Å². The van der Waals surface area contributed by atoms with E-state index in [1.807, 2.05) is 0 Å². The predicted molar refractivity (Wildman–Crippen MR) is 97.0 cm³/mol. The van der Waals surface area contributed by atoms with E-state index >= 15 is 0 Å². The molecule has 23 heavy (non-hydrogen) atoms. The molecule has 2 N–H and O–H groups in total. The van der Waals surface area contributed by atoms with Gasteiger partial charge in [0.15, 0.2) is 0 Å². The van der Waals surface area contributed by atoms with E-state index < -0.39 is 0 Å². The summed E-state index contributed by atoms with van der Waals surface area (Å²) in [6, 6.07) is 3.21. The Balaban J connectivity index is 1.63. The summed E-state index contributed by atoms with van der Waals surface area (Å²) in [5, 5.41) is 7.25. The second kappa shape index (κ2) is 8.51. The van der Waals surface area contributed by atoms with Crippen LogP contribution in [0.4, 0.5) is 11.8 Å². The lowest BCUT2D eigenvalue weighted by Gasteiger charge is -2.20. The number of rotatable bonds is 4. The van der Waals surface area contributed by atoms with Crippen molar-refractivity contribution in [1.29, 1.82) is 0 Å². The molecule has 2 aliphatic rings. The third-order valence-electron chi connectivity index (χ3n) is 5.25. The van der Waals surface area contributed by atoms with Crippen LogP contribution in [0.5, 0.6) is 0 Å². The minimum absolute atomic E-state index is 0.546. The van der Waals surface area contributed by atoms with Crippen molar-refractivity contribution in [3.05, 3.63) is 11.8 Å². The number of hydrogen-bond acceptors (Lipinski definition) is 4. The van der Waals surface area contributed by atoms with E-state index in [0.29, 0.717) is 12.1 Å². The molecule has 1 aromatic heterocycles. The van der Waals surface area contributed by atoms with Gasteiger partial charge in [-0.1, -0.05) is 51.4 Å². The van der Waals surface area contributed by atoms with Crippen LogP contribution < -0.4 is 10.6 Å². The third kappa shape index (κ3) is 5.36. The number of nitrogens with zero attached hydrogens (tertiary/aromatic N) is 2. The quantitative estimate of drug-likeness (QED) is 0.763. The number of hydrogen-bond donors (Lipinski definition) is 2. The van der Waals surface area contributed by atoms with Gasteiger partial charge in [0.2, 0.25) is 5.95 Å². The van der Waals surface area contributed by atoms with Crippen molar-refractivity contribution in [2.45, 2.75) is 96.1 Å². The van der Waals surface area contributed by atoms with E-state index in [0.717, 1.165) is 17.5 Å². The molecular weight excluding hydrogens is 284 g/mol. The zero-order valence-corrected chi connectivity index (χ0v) is 14.6. The van der Waals surface area contributed by atoms with E-state index in [9.17, 15) is 0 Å². The Morgan fingerprint density at radius 1 is 0.739 bits per heavy atom. The van der Waals surface area contributed by atoms with E-state index in [1.165, 1.54) is 77.0 Å². The van der Waals surface area contributed by atoms with Crippen molar-refractivity contribution in [1.82, 2.24) is 9.97 Å². The Bertz CT molecular complexity index is 432. The Hall–Kier alpha value is -1.32. The molecule has 0 saturated heterocycles. The molecule has 2 saturated carbocycles. The summed E-state index contributed by atoms with van der Waals surface area (Å²) in [6.07, 6.45) is 15.9. The van der Waals surface area contributed by atoms with Crippen LogP contribution in [-0.2, 0) is 0 Å². The maximum absolute atomic E-state index is 4.75. The fraction of sp³-hybridized carbons (Fsp3) is 0.789. The van der Waals surface area contributed by atoms with Crippen LogP contribution in [0, 0.1) is 6.92 Å². The summed E-state index contributed by atoms with van der Waals surface area (Å²) in [5.74, 6) is 1.81. The maximum atomic E-state index is 4.75. The minimum Gasteiger partial charge on any atom is -0.367 e. The summed E-state index contributed by atoms with van der Waals surface area (Å²) < 4.78 is 0. The molecule has 4 heteroatoms. The van der Waals surface area contributed by atoms with Crippen molar-refractivity contribution in [3.8, 4) is 0 Å². The van der Waals surface area contributed by atoms with Crippen molar-refractivity contribution < 1.29 is 0 Å². The number of aryl methyl sites for hydroxylation is 1. The van der Waals surface area contributed by atoms with Gasteiger partial charge in [-0.15, -0.1) is 0 Å². The smallest absolute Gasteiger partial charge is 0.225 e. The molecule has 0 unspecified atom stereocenters. The van der Waals surface area contributed by atoms with Crippen molar-refractivity contribution in [3.63, 3.8) is 0 Å². The van der Waals surface area contributed by atoms with Crippen LogP contribution in [0.15, 0.2) is 6.07 Å². The summed E-state index contributed by atoms with van der Waals surface area (Å²) in [7, 11) is 0. The normalized spacial score (nSPS) is 21.4. The fourth-order valence-electron chi connectivity index (χ4n) is 3.95. The van der Waals surface area contributed by atoms with Crippen molar-refractivity contribution in [2.75, 3.05) is 10.6 Å². The first-order valence-corrected chi connectivity index (χ1v) is 9.68. The Morgan fingerprint density at radius 2 is 1.26 bits per heavy atom. The van der Waals surface area contributed by atoms with Gasteiger partial charge >= 0.3 is 0 Å². The SMILES string of the molecule is Cc1cc(NC2CCCCCC2)nc(NC2CCCCCC2)n1. The zero-order chi connectivity index (χ0) is 15.9. The molecule has 0 aromatic carbocycles. The molecule has 0 bridgehead atoms. The molecule has 128 valence electrons. The van der Waals surface area contributed by atoms with Crippen molar-refractivity contribution >= 4 is 11.8 Å². The largest absolute Gasteiger partial charge is 0.367 e. The third-order valence-corrected chi connectivity index (χ3v) is 5.25. The van der Waals surface area contributed by atoms with Gasteiger partial charge in [-0.05, 0) is 32.6 Å². The first-order valence-electron chi connectivity index (χ1n) is 9.68. The molecule has 1 heterocycles. The molecule has 2 aliphatic carbocycles. The maximum Gasteiger partial charge on any atom is 0.225 e. The lowest BCUT2D eigenvalue weighted by atomic mass is 10.1. The van der Waals surface area contributed by atoms with Crippen LogP contribution in [0.1, 0.15) is 82.7 Å². The Morgan fingerprint density at radius 3 is 1.83 bits per heavy atom. The molecule has 3 rings (SSSR count).